The van der Waals surface area contributed by atoms with Gasteiger partial charge in [0, 0.05) is 31.8 Å². The second kappa shape index (κ2) is 6.75. The van der Waals surface area contributed by atoms with Crippen molar-refractivity contribution in [3.05, 3.63) is 24.5 Å². The average molecular weight is 340 g/mol. The fourth-order valence-electron chi connectivity index (χ4n) is 3.66. The highest BCUT2D eigenvalue weighted by molar-refractivity contribution is 7.88. The molecule has 2 aliphatic rings. The third-order valence-corrected chi connectivity index (χ3v) is 6.51. The molecule has 128 valence electrons. The molecule has 0 N–H and O–H groups in total. The summed E-state index contributed by atoms with van der Waals surface area (Å²) in [4.78, 5) is 4.06. The molecule has 2 fully saturated rings. The third kappa shape index (κ3) is 3.84. The SMILES string of the molecule is CS(=O)(=O)N1CCC2(CCOC[C@H]2COc2cccnc2)CC1. The summed E-state index contributed by atoms with van der Waals surface area (Å²) >= 11 is 0. The van der Waals surface area contributed by atoms with E-state index >= 15 is 0 Å². The minimum atomic E-state index is -3.09. The van der Waals surface area contributed by atoms with Crippen molar-refractivity contribution in [1.29, 1.82) is 0 Å². The second-order valence-corrected chi connectivity index (χ2v) is 8.53. The number of nitrogens with zero attached hydrogens (tertiary/aromatic N) is 2. The van der Waals surface area contributed by atoms with Crippen molar-refractivity contribution in [2.24, 2.45) is 11.3 Å². The number of piperidine rings is 1. The quantitative estimate of drug-likeness (QED) is 0.832. The maximum Gasteiger partial charge on any atom is 0.211 e. The van der Waals surface area contributed by atoms with Crippen LogP contribution >= 0.6 is 0 Å². The number of aromatic nitrogens is 1. The van der Waals surface area contributed by atoms with Gasteiger partial charge in [-0.15, -0.1) is 0 Å². The van der Waals surface area contributed by atoms with Gasteiger partial charge in [0.2, 0.25) is 10.0 Å². The number of hydrogen-bond acceptors (Lipinski definition) is 5. The summed E-state index contributed by atoms with van der Waals surface area (Å²) in [5.41, 5.74) is 0.127. The summed E-state index contributed by atoms with van der Waals surface area (Å²) in [5.74, 6) is 1.06. The van der Waals surface area contributed by atoms with Crippen LogP contribution in [0.15, 0.2) is 24.5 Å². The molecule has 0 bridgehead atoms. The molecule has 3 rings (SSSR count). The first-order valence-electron chi connectivity index (χ1n) is 8.05. The standard InChI is InChI=1S/C16H24N2O4S/c1-23(19,20)18-8-4-16(5-9-18)6-10-21-12-14(16)13-22-15-3-2-7-17-11-15/h2-3,7,11,14H,4-6,8-10,12-13H2,1H3/t14-/m0/s1. The number of sulfonamides is 1. The molecule has 0 unspecified atom stereocenters. The van der Waals surface area contributed by atoms with E-state index in [1.165, 1.54) is 6.26 Å². The highest BCUT2D eigenvalue weighted by Crippen LogP contribution is 2.45. The Balaban J connectivity index is 1.65. The van der Waals surface area contributed by atoms with Crippen molar-refractivity contribution >= 4 is 10.0 Å². The van der Waals surface area contributed by atoms with Gasteiger partial charge in [0.1, 0.15) is 5.75 Å². The van der Waals surface area contributed by atoms with Gasteiger partial charge in [0.25, 0.3) is 0 Å². The average Bonchev–Trinajstić information content (AvgIpc) is 2.55. The highest BCUT2D eigenvalue weighted by atomic mass is 32.2. The van der Waals surface area contributed by atoms with Crippen molar-refractivity contribution < 1.29 is 17.9 Å². The van der Waals surface area contributed by atoms with Crippen LogP contribution < -0.4 is 4.74 Å². The van der Waals surface area contributed by atoms with E-state index in [9.17, 15) is 8.42 Å². The number of pyridine rings is 1. The summed E-state index contributed by atoms with van der Waals surface area (Å²) in [5, 5.41) is 0. The first-order chi connectivity index (χ1) is 11.0. The minimum Gasteiger partial charge on any atom is -0.492 e. The van der Waals surface area contributed by atoms with Crippen molar-refractivity contribution in [3.8, 4) is 5.75 Å². The van der Waals surface area contributed by atoms with Gasteiger partial charge in [0.05, 0.1) is 25.7 Å². The molecule has 1 atom stereocenters. The molecule has 0 radical (unpaired) electrons. The lowest BCUT2D eigenvalue weighted by molar-refractivity contribution is -0.0787. The molecular formula is C16H24N2O4S. The molecule has 23 heavy (non-hydrogen) atoms. The van der Waals surface area contributed by atoms with Crippen LogP contribution in [0.4, 0.5) is 0 Å². The first-order valence-corrected chi connectivity index (χ1v) is 9.90. The fourth-order valence-corrected chi connectivity index (χ4v) is 4.50. The van der Waals surface area contributed by atoms with Crippen molar-refractivity contribution in [3.63, 3.8) is 0 Å². The van der Waals surface area contributed by atoms with Crippen LogP contribution in [0.3, 0.4) is 0 Å². The normalized spacial score (nSPS) is 25.3. The summed E-state index contributed by atoms with van der Waals surface area (Å²) < 4.78 is 36.6. The van der Waals surface area contributed by atoms with Gasteiger partial charge in [-0.2, -0.15) is 0 Å². The van der Waals surface area contributed by atoms with E-state index in [1.807, 2.05) is 12.1 Å². The van der Waals surface area contributed by atoms with E-state index in [1.54, 1.807) is 16.7 Å². The lowest BCUT2D eigenvalue weighted by atomic mass is 9.66. The van der Waals surface area contributed by atoms with E-state index in [0.29, 0.717) is 26.3 Å². The zero-order chi connectivity index (χ0) is 16.3. The third-order valence-electron chi connectivity index (χ3n) is 5.20. The zero-order valence-corrected chi connectivity index (χ0v) is 14.3. The molecule has 0 saturated carbocycles. The van der Waals surface area contributed by atoms with Gasteiger partial charge < -0.3 is 9.47 Å². The molecule has 3 heterocycles. The largest absolute Gasteiger partial charge is 0.492 e. The zero-order valence-electron chi connectivity index (χ0n) is 13.5. The van der Waals surface area contributed by atoms with E-state index < -0.39 is 10.0 Å². The van der Waals surface area contributed by atoms with Crippen molar-refractivity contribution in [2.45, 2.75) is 19.3 Å². The molecule has 1 aromatic heterocycles. The van der Waals surface area contributed by atoms with Crippen LogP contribution in [0.5, 0.6) is 5.75 Å². The Morgan fingerprint density at radius 1 is 1.39 bits per heavy atom. The van der Waals surface area contributed by atoms with Crippen LogP contribution in [0.25, 0.3) is 0 Å². The van der Waals surface area contributed by atoms with Crippen molar-refractivity contribution in [2.75, 3.05) is 39.2 Å². The molecule has 6 nitrogen and oxygen atoms in total. The highest BCUT2D eigenvalue weighted by Gasteiger charge is 2.45. The predicted octanol–water partition coefficient (Wildman–Crippen LogP) is 1.54. The van der Waals surface area contributed by atoms with Crippen LogP contribution in [-0.4, -0.2) is 56.9 Å². The minimum absolute atomic E-state index is 0.127. The summed E-state index contributed by atoms with van der Waals surface area (Å²) in [7, 11) is -3.09. The smallest absolute Gasteiger partial charge is 0.211 e. The van der Waals surface area contributed by atoms with Gasteiger partial charge in [-0.05, 0) is 36.8 Å². The predicted molar refractivity (Wildman–Crippen MR) is 86.7 cm³/mol. The van der Waals surface area contributed by atoms with E-state index in [4.69, 9.17) is 9.47 Å². The summed E-state index contributed by atoms with van der Waals surface area (Å²) in [6, 6.07) is 3.75. The first kappa shape index (κ1) is 16.7. The van der Waals surface area contributed by atoms with Crippen LogP contribution in [0.1, 0.15) is 19.3 Å². The molecule has 1 spiro atoms. The van der Waals surface area contributed by atoms with Crippen LogP contribution in [0, 0.1) is 11.3 Å². The molecule has 0 aliphatic carbocycles. The Morgan fingerprint density at radius 2 is 2.17 bits per heavy atom. The number of ether oxygens (including phenoxy) is 2. The summed E-state index contributed by atoms with van der Waals surface area (Å²) in [6.45, 7) is 3.22. The molecule has 7 heteroatoms. The Kier molecular flexibility index (Phi) is 4.89. The Hall–Kier alpha value is -1.18. The van der Waals surface area contributed by atoms with Crippen LogP contribution in [-0.2, 0) is 14.8 Å². The Morgan fingerprint density at radius 3 is 2.83 bits per heavy atom. The number of hydrogen-bond donors (Lipinski definition) is 0. The molecular weight excluding hydrogens is 316 g/mol. The maximum atomic E-state index is 11.7. The molecule has 2 aliphatic heterocycles. The van der Waals surface area contributed by atoms with Crippen molar-refractivity contribution in [1.82, 2.24) is 9.29 Å². The Bertz CT molecular complexity index is 612. The fraction of sp³-hybridized carbons (Fsp3) is 0.688. The topological polar surface area (TPSA) is 68.7 Å². The number of rotatable bonds is 4. The lowest BCUT2D eigenvalue weighted by Crippen LogP contribution is -2.50. The molecule has 0 amide bonds. The van der Waals surface area contributed by atoms with E-state index in [2.05, 4.69) is 4.98 Å². The van der Waals surface area contributed by atoms with Crippen LogP contribution in [0.2, 0.25) is 0 Å². The lowest BCUT2D eigenvalue weighted by Gasteiger charge is -2.48. The van der Waals surface area contributed by atoms with Gasteiger partial charge in [-0.3, -0.25) is 4.98 Å². The van der Waals surface area contributed by atoms with E-state index in [0.717, 1.165) is 31.6 Å². The van der Waals surface area contributed by atoms with Gasteiger partial charge in [-0.25, -0.2) is 12.7 Å². The van der Waals surface area contributed by atoms with Gasteiger partial charge in [-0.1, -0.05) is 0 Å². The molecule has 2 saturated heterocycles. The van der Waals surface area contributed by atoms with Gasteiger partial charge in [0.15, 0.2) is 0 Å². The van der Waals surface area contributed by atoms with Gasteiger partial charge >= 0.3 is 0 Å². The van der Waals surface area contributed by atoms with E-state index in [-0.39, 0.29) is 11.3 Å². The maximum absolute atomic E-state index is 11.7. The molecule has 0 aromatic carbocycles. The summed E-state index contributed by atoms with van der Waals surface area (Å²) in [6.07, 6.45) is 7.46. The second-order valence-electron chi connectivity index (χ2n) is 6.55. The monoisotopic (exact) mass is 340 g/mol. The Labute approximate surface area is 137 Å². The molecule has 1 aromatic rings.